The minimum Gasteiger partial charge on any atom is -0.353 e. The van der Waals surface area contributed by atoms with E-state index in [1.54, 1.807) is 0 Å². The zero-order valence-corrected chi connectivity index (χ0v) is 11.4. The molecule has 3 N–H and O–H groups in total. The minimum atomic E-state index is -0.380. The minimum absolute atomic E-state index is 0.0159. The largest absolute Gasteiger partial charge is 0.353 e. The summed E-state index contributed by atoms with van der Waals surface area (Å²) in [6.45, 7) is 4.27. The van der Waals surface area contributed by atoms with Gasteiger partial charge in [-0.3, -0.25) is 4.79 Å². The zero-order valence-electron chi connectivity index (χ0n) is 10.6. The first kappa shape index (κ1) is 14.1. The Kier molecular flexibility index (Phi) is 5.02. The Labute approximate surface area is 107 Å². The molecule has 0 fully saturated rings. The Balaban J connectivity index is 2.66. The smallest absolute Gasteiger partial charge is 0.237 e. The summed E-state index contributed by atoms with van der Waals surface area (Å²) in [4.78, 5) is 12.0. The second kappa shape index (κ2) is 6.07. The summed E-state index contributed by atoms with van der Waals surface area (Å²) in [5.41, 5.74) is 6.48. The van der Waals surface area contributed by atoms with Gasteiger partial charge in [0.05, 0.1) is 0 Å². The fourth-order valence-corrected chi connectivity index (χ4v) is 2.16. The average molecular weight is 252 g/mol. The van der Waals surface area contributed by atoms with Crippen LogP contribution in [0.4, 0.5) is 0 Å². The molecule has 3 nitrogen and oxygen atoms in total. The summed E-state index contributed by atoms with van der Waals surface area (Å²) in [5, 5.41) is 2.72. The molecule has 1 amide bonds. The third-order valence-corrected chi connectivity index (χ3v) is 3.25. The molecular weight excluding hydrogens is 232 g/mol. The highest BCUT2D eigenvalue weighted by Crippen LogP contribution is 2.26. The second-order valence-corrected chi connectivity index (χ2v) is 5.68. The first-order chi connectivity index (χ1) is 7.94. The van der Waals surface area contributed by atoms with Crippen molar-refractivity contribution in [1.29, 1.82) is 0 Å². The third-order valence-electron chi connectivity index (χ3n) is 2.29. The topological polar surface area (TPSA) is 55.1 Å². The van der Waals surface area contributed by atoms with Crippen LogP contribution in [0.15, 0.2) is 30.3 Å². The third kappa shape index (κ3) is 4.79. The Morgan fingerprint density at radius 3 is 2.47 bits per heavy atom. The van der Waals surface area contributed by atoms with Crippen LogP contribution in [-0.2, 0) is 4.79 Å². The van der Waals surface area contributed by atoms with E-state index in [0.717, 1.165) is 5.56 Å². The van der Waals surface area contributed by atoms with E-state index in [-0.39, 0.29) is 16.7 Å². The first-order valence-corrected chi connectivity index (χ1v) is 6.87. The highest BCUT2D eigenvalue weighted by atomic mass is 32.2. The number of hydrogen-bond donors (Lipinski definition) is 2. The van der Waals surface area contributed by atoms with Gasteiger partial charge in [0.1, 0.15) is 5.25 Å². The summed E-state index contributed by atoms with van der Waals surface area (Å²) < 4.78 is 0. The van der Waals surface area contributed by atoms with Gasteiger partial charge in [-0.2, -0.15) is 0 Å². The van der Waals surface area contributed by atoms with Crippen LogP contribution >= 0.6 is 11.8 Å². The highest BCUT2D eigenvalue weighted by molar-refractivity contribution is 7.99. The predicted molar refractivity (Wildman–Crippen MR) is 74.0 cm³/mol. The van der Waals surface area contributed by atoms with Crippen molar-refractivity contribution in [3.8, 4) is 0 Å². The van der Waals surface area contributed by atoms with Gasteiger partial charge in [0.2, 0.25) is 5.91 Å². The number of carbonyl (C=O) groups excluding carboxylic acids is 1. The predicted octanol–water partition coefficient (Wildman–Crippen LogP) is 1.94. The summed E-state index contributed by atoms with van der Waals surface area (Å²) in [5.74, 6) is 0.0159. The van der Waals surface area contributed by atoms with E-state index in [1.807, 2.05) is 50.4 Å². The molecule has 4 heteroatoms. The molecule has 0 aliphatic carbocycles. The average Bonchev–Trinajstić information content (AvgIpc) is 2.28. The van der Waals surface area contributed by atoms with Gasteiger partial charge in [0.25, 0.3) is 0 Å². The number of amides is 1. The molecule has 1 unspecified atom stereocenters. The van der Waals surface area contributed by atoms with Gasteiger partial charge in [-0.05, 0) is 25.7 Å². The van der Waals surface area contributed by atoms with Gasteiger partial charge < -0.3 is 11.1 Å². The maximum absolute atomic E-state index is 12.0. The quantitative estimate of drug-likeness (QED) is 0.842. The van der Waals surface area contributed by atoms with Crippen LogP contribution in [0, 0.1) is 0 Å². The molecule has 0 bridgehead atoms. The maximum Gasteiger partial charge on any atom is 0.237 e. The van der Waals surface area contributed by atoms with Gasteiger partial charge in [-0.1, -0.05) is 30.3 Å². The number of rotatable bonds is 5. The van der Waals surface area contributed by atoms with Gasteiger partial charge in [-0.15, -0.1) is 11.8 Å². The molecule has 17 heavy (non-hydrogen) atoms. The second-order valence-electron chi connectivity index (χ2n) is 4.73. The molecule has 0 saturated carbocycles. The first-order valence-electron chi connectivity index (χ1n) is 5.58. The molecular formula is C13H20N2OS. The molecule has 0 saturated heterocycles. The molecule has 1 aromatic rings. The normalized spacial score (nSPS) is 13.2. The molecule has 0 radical (unpaired) electrons. The Morgan fingerprint density at radius 2 is 2.00 bits per heavy atom. The van der Waals surface area contributed by atoms with E-state index in [1.165, 1.54) is 11.8 Å². The van der Waals surface area contributed by atoms with Crippen LogP contribution in [0.25, 0.3) is 0 Å². The van der Waals surface area contributed by atoms with Crippen LogP contribution in [0.3, 0.4) is 0 Å². The monoisotopic (exact) mass is 252 g/mol. The van der Waals surface area contributed by atoms with Gasteiger partial charge in [0, 0.05) is 12.1 Å². The standard InChI is InChI=1S/C13H20N2OS/c1-13(2,14)9-15-12(16)11(17-3)10-7-5-4-6-8-10/h4-8,11H,9,14H2,1-3H3,(H,15,16). The summed E-state index contributed by atoms with van der Waals surface area (Å²) in [7, 11) is 0. The molecule has 1 rings (SSSR count). The van der Waals surface area contributed by atoms with Crippen molar-refractivity contribution in [2.75, 3.05) is 12.8 Å². The van der Waals surface area contributed by atoms with Crippen LogP contribution in [0.5, 0.6) is 0 Å². The maximum atomic E-state index is 12.0. The molecule has 94 valence electrons. The van der Waals surface area contributed by atoms with Crippen LogP contribution in [0.2, 0.25) is 0 Å². The number of hydrogen-bond acceptors (Lipinski definition) is 3. The van der Waals surface area contributed by atoms with Gasteiger partial charge in [0.15, 0.2) is 0 Å². The molecule has 0 heterocycles. The van der Waals surface area contributed by atoms with Crippen molar-refractivity contribution in [2.24, 2.45) is 5.73 Å². The van der Waals surface area contributed by atoms with Gasteiger partial charge in [-0.25, -0.2) is 0 Å². The Morgan fingerprint density at radius 1 is 1.41 bits per heavy atom. The summed E-state index contributed by atoms with van der Waals surface area (Å²) in [6.07, 6.45) is 1.94. The van der Waals surface area contributed by atoms with E-state index in [0.29, 0.717) is 6.54 Å². The van der Waals surface area contributed by atoms with E-state index >= 15 is 0 Å². The van der Waals surface area contributed by atoms with E-state index in [9.17, 15) is 4.79 Å². The molecule has 1 atom stereocenters. The number of nitrogens with one attached hydrogen (secondary N) is 1. The van der Waals surface area contributed by atoms with E-state index < -0.39 is 0 Å². The fraction of sp³-hybridized carbons (Fsp3) is 0.462. The number of thioether (sulfide) groups is 1. The van der Waals surface area contributed by atoms with Crippen molar-refractivity contribution in [1.82, 2.24) is 5.32 Å². The lowest BCUT2D eigenvalue weighted by Gasteiger charge is -2.21. The lowest BCUT2D eigenvalue weighted by molar-refractivity contribution is -0.120. The van der Waals surface area contributed by atoms with Crippen LogP contribution in [-0.4, -0.2) is 24.2 Å². The lowest BCUT2D eigenvalue weighted by Crippen LogP contribution is -2.46. The lowest BCUT2D eigenvalue weighted by atomic mass is 10.1. The van der Waals surface area contributed by atoms with Crippen molar-refractivity contribution in [2.45, 2.75) is 24.6 Å². The van der Waals surface area contributed by atoms with Crippen molar-refractivity contribution in [3.63, 3.8) is 0 Å². The van der Waals surface area contributed by atoms with Crippen molar-refractivity contribution in [3.05, 3.63) is 35.9 Å². The summed E-state index contributed by atoms with van der Waals surface area (Å²) in [6, 6.07) is 9.77. The number of carbonyl (C=O) groups is 1. The molecule has 0 aromatic heterocycles. The van der Waals surface area contributed by atoms with E-state index in [2.05, 4.69) is 5.32 Å². The van der Waals surface area contributed by atoms with Crippen molar-refractivity contribution >= 4 is 17.7 Å². The fourth-order valence-electron chi connectivity index (χ4n) is 1.43. The van der Waals surface area contributed by atoms with Gasteiger partial charge >= 0.3 is 0 Å². The SMILES string of the molecule is CSC(C(=O)NCC(C)(C)N)c1ccccc1. The molecule has 0 spiro atoms. The Hall–Kier alpha value is -1.00. The van der Waals surface area contributed by atoms with Crippen LogP contribution in [0.1, 0.15) is 24.7 Å². The van der Waals surface area contributed by atoms with E-state index in [4.69, 9.17) is 5.73 Å². The number of nitrogens with two attached hydrogens (primary N) is 1. The molecule has 0 aliphatic heterocycles. The summed E-state index contributed by atoms with van der Waals surface area (Å²) >= 11 is 1.53. The molecule has 0 aliphatic rings. The molecule has 1 aromatic carbocycles. The van der Waals surface area contributed by atoms with Crippen LogP contribution < -0.4 is 11.1 Å². The van der Waals surface area contributed by atoms with Crippen molar-refractivity contribution < 1.29 is 4.79 Å². The number of benzene rings is 1. The highest BCUT2D eigenvalue weighted by Gasteiger charge is 2.20. The zero-order chi connectivity index (χ0) is 12.9. The Bertz CT molecular complexity index is 359.